The Labute approximate surface area is 271 Å². The van der Waals surface area contributed by atoms with Crippen LogP contribution in [-0.2, 0) is 44.1 Å². The van der Waals surface area contributed by atoms with Crippen molar-refractivity contribution in [3.63, 3.8) is 0 Å². The summed E-state index contributed by atoms with van der Waals surface area (Å²) in [5.41, 5.74) is 15.0. The molecule has 38 heavy (non-hydrogen) atoms. The number of fused-ring (bicyclic) bond motifs is 3. The van der Waals surface area contributed by atoms with Gasteiger partial charge in [-0.2, -0.15) is 0 Å². The van der Waals surface area contributed by atoms with Crippen LogP contribution in [0.5, 0.6) is 0 Å². The van der Waals surface area contributed by atoms with Gasteiger partial charge in [-0.05, 0) is 62.8 Å². The van der Waals surface area contributed by atoms with Gasteiger partial charge in [0.15, 0.2) is 0 Å². The molecule has 0 aromatic heterocycles. The number of benzene rings is 2. The Kier molecular flexibility index (Phi) is 14.1. The fourth-order valence-electron chi connectivity index (χ4n) is 5.04. The van der Waals surface area contributed by atoms with E-state index in [4.69, 9.17) is 17.0 Å². The summed E-state index contributed by atoms with van der Waals surface area (Å²) < 4.78 is 1.94. The van der Waals surface area contributed by atoms with Crippen molar-refractivity contribution in [2.24, 2.45) is 0 Å². The molecular formula is C32H32Cl4Zr2. The minimum absolute atomic E-state index is 0. The first-order valence-corrected chi connectivity index (χ1v) is 21.4. The molecule has 4 aliphatic rings. The van der Waals surface area contributed by atoms with Crippen molar-refractivity contribution in [1.29, 1.82) is 0 Å². The maximum atomic E-state index is 5.74. The zero-order valence-electron chi connectivity index (χ0n) is 22.2. The SMILES string of the molecule is CC1=CCC(C2=C(C)C(C)=CC2)=C1C.[Cl-].[Cl-].[Cl][Zr]([Cl])[C]1=CC=CC1.[Zr+2][CH]1c2ccccc2-c2ccccc21. The van der Waals surface area contributed by atoms with Crippen LogP contribution < -0.4 is 24.8 Å². The van der Waals surface area contributed by atoms with E-state index in [1.807, 2.05) is 12.2 Å². The maximum absolute atomic E-state index is 5.74. The molecular weight excluding hydrogens is 709 g/mol. The summed E-state index contributed by atoms with van der Waals surface area (Å²) in [4.78, 5) is 0. The molecule has 2 aromatic carbocycles. The molecule has 6 rings (SSSR count). The van der Waals surface area contributed by atoms with Crippen molar-refractivity contribution in [2.75, 3.05) is 0 Å². The fourth-order valence-corrected chi connectivity index (χ4v) is 9.15. The van der Waals surface area contributed by atoms with E-state index >= 15 is 0 Å². The predicted octanol–water partition coefficient (Wildman–Crippen LogP) is 4.39. The topological polar surface area (TPSA) is 0 Å². The van der Waals surface area contributed by atoms with Gasteiger partial charge in [0.1, 0.15) is 0 Å². The van der Waals surface area contributed by atoms with Crippen LogP contribution in [0.2, 0.25) is 0 Å². The third-order valence-electron chi connectivity index (χ3n) is 7.53. The molecule has 0 heterocycles. The fraction of sp³-hybridized carbons (Fsp3) is 0.250. The molecule has 0 saturated heterocycles. The van der Waals surface area contributed by atoms with E-state index in [1.54, 1.807) is 35.9 Å². The number of hydrogen-bond donors (Lipinski definition) is 0. The third kappa shape index (κ3) is 7.75. The summed E-state index contributed by atoms with van der Waals surface area (Å²) in [7, 11) is 11.5. The van der Waals surface area contributed by atoms with E-state index in [0.29, 0.717) is 3.63 Å². The van der Waals surface area contributed by atoms with E-state index < -0.39 is 19.4 Å². The molecule has 0 nitrogen and oxygen atoms in total. The Morgan fingerprint density at radius 1 is 0.711 bits per heavy atom. The number of halogens is 4. The van der Waals surface area contributed by atoms with Gasteiger partial charge < -0.3 is 24.8 Å². The van der Waals surface area contributed by atoms with Crippen LogP contribution in [0, 0.1) is 0 Å². The van der Waals surface area contributed by atoms with E-state index in [0.717, 1.165) is 19.3 Å². The molecule has 0 unspecified atom stereocenters. The van der Waals surface area contributed by atoms with Crippen LogP contribution in [0.3, 0.4) is 0 Å². The normalized spacial score (nSPS) is 16.7. The first-order chi connectivity index (χ1) is 17.3. The van der Waals surface area contributed by atoms with Crippen molar-refractivity contribution in [1.82, 2.24) is 0 Å². The first kappa shape index (κ1) is 34.0. The Bertz CT molecular complexity index is 1260. The first-order valence-electron chi connectivity index (χ1n) is 12.5. The minimum atomic E-state index is -1.96. The predicted molar refractivity (Wildman–Crippen MR) is 149 cm³/mol. The summed E-state index contributed by atoms with van der Waals surface area (Å²) in [6, 6.07) is 17.5. The van der Waals surface area contributed by atoms with Crippen LogP contribution in [-0.4, -0.2) is 0 Å². The van der Waals surface area contributed by atoms with Gasteiger partial charge in [0.05, 0.1) is 0 Å². The second-order valence-electron chi connectivity index (χ2n) is 9.58. The van der Waals surface area contributed by atoms with Gasteiger partial charge in [-0.1, -0.05) is 23.3 Å². The molecule has 0 aliphatic heterocycles. The van der Waals surface area contributed by atoms with Crippen LogP contribution in [0.1, 0.15) is 61.7 Å². The Hall–Kier alpha value is -0.194. The van der Waals surface area contributed by atoms with Crippen LogP contribution in [0.15, 0.2) is 116 Å². The van der Waals surface area contributed by atoms with Gasteiger partial charge in [-0.25, -0.2) is 0 Å². The number of rotatable bonds is 2. The van der Waals surface area contributed by atoms with Gasteiger partial charge >= 0.3 is 163 Å². The van der Waals surface area contributed by atoms with Crippen molar-refractivity contribution in [3.8, 4) is 11.1 Å². The molecule has 0 bridgehead atoms. The Morgan fingerprint density at radius 2 is 1.16 bits per heavy atom. The zero-order valence-corrected chi connectivity index (χ0v) is 30.2. The second-order valence-corrected chi connectivity index (χ2v) is 19.5. The molecule has 196 valence electrons. The average Bonchev–Trinajstić information content (AvgIpc) is 3.67. The van der Waals surface area contributed by atoms with E-state index in [9.17, 15) is 0 Å². The summed E-state index contributed by atoms with van der Waals surface area (Å²) in [5, 5.41) is 0. The van der Waals surface area contributed by atoms with Crippen molar-refractivity contribution >= 4 is 17.0 Å². The van der Waals surface area contributed by atoms with Gasteiger partial charge in [0.2, 0.25) is 0 Å². The summed E-state index contributed by atoms with van der Waals surface area (Å²) >= 11 is -0.380. The molecule has 0 N–H and O–H groups in total. The molecule has 4 aliphatic carbocycles. The van der Waals surface area contributed by atoms with Gasteiger partial charge in [0.25, 0.3) is 0 Å². The third-order valence-corrected chi connectivity index (χ3v) is 14.0. The monoisotopic (exact) mass is 736 g/mol. The van der Waals surface area contributed by atoms with E-state index in [-0.39, 0.29) is 24.8 Å². The van der Waals surface area contributed by atoms with Crippen LogP contribution in [0.25, 0.3) is 11.1 Å². The van der Waals surface area contributed by atoms with Crippen LogP contribution in [0.4, 0.5) is 0 Å². The summed E-state index contributed by atoms with van der Waals surface area (Å²) in [6.45, 7) is 8.94. The average molecular weight is 741 g/mol. The van der Waals surface area contributed by atoms with Crippen molar-refractivity contribution in [3.05, 3.63) is 127 Å². The molecule has 0 saturated carbocycles. The molecule has 6 heteroatoms. The van der Waals surface area contributed by atoms with E-state index in [2.05, 4.69) is 94.5 Å². The van der Waals surface area contributed by atoms with Gasteiger partial charge in [0, 0.05) is 0 Å². The quantitative estimate of drug-likeness (QED) is 0.429. The summed E-state index contributed by atoms with van der Waals surface area (Å²) in [5.74, 6) is 0. The molecule has 2 aromatic rings. The molecule has 0 amide bonds. The van der Waals surface area contributed by atoms with Crippen molar-refractivity contribution in [2.45, 2.75) is 50.6 Å². The van der Waals surface area contributed by atoms with Gasteiger partial charge in [-0.15, -0.1) is 0 Å². The van der Waals surface area contributed by atoms with E-state index in [1.165, 1.54) is 47.8 Å². The molecule has 0 atom stereocenters. The standard InChI is InChI=1S/C14H18.C13H9.C5H5.4ClH.2Zr/c1-9-5-7-13(11(9)3)14-8-6-10(2)12(14)4;1-3-7-12-10(5-1)9-11-6-2-4-8-13(11)12;1-2-4-5-3-1;;;;;;/h5-6H,7-8H2,1-4H3;1-9H;1-3H,4H2;4*1H;;/q;;;;;;;2*+2/p-4. The Balaban J connectivity index is 0.000000203. The number of allylic oxidation sites excluding steroid dienone is 12. The van der Waals surface area contributed by atoms with Crippen LogP contribution >= 0.6 is 17.0 Å². The number of hydrogen-bond acceptors (Lipinski definition) is 0. The van der Waals surface area contributed by atoms with Gasteiger partial charge in [-0.3, -0.25) is 0 Å². The molecule has 0 spiro atoms. The summed E-state index contributed by atoms with van der Waals surface area (Å²) in [6.07, 6.45) is 14.1. The second kappa shape index (κ2) is 15.7. The molecule has 0 radical (unpaired) electrons. The van der Waals surface area contributed by atoms with Crippen molar-refractivity contribution < 1.29 is 68.9 Å². The molecule has 0 fully saturated rings. The zero-order chi connectivity index (χ0) is 25.8. The Morgan fingerprint density at radius 3 is 1.47 bits per heavy atom.